The van der Waals surface area contributed by atoms with E-state index in [4.69, 9.17) is 9.47 Å². The molecule has 0 N–H and O–H groups in total. The summed E-state index contributed by atoms with van der Waals surface area (Å²) in [6.45, 7) is 4.72. The number of rotatable bonds is 6. The molecule has 0 unspecified atom stereocenters. The van der Waals surface area contributed by atoms with E-state index in [0.29, 0.717) is 23.3 Å². The zero-order valence-corrected chi connectivity index (χ0v) is 17.7. The molecule has 160 valence electrons. The van der Waals surface area contributed by atoms with E-state index in [-0.39, 0.29) is 5.78 Å². The predicted octanol–water partition coefficient (Wildman–Crippen LogP) is 3.91. The van der Waals surface area contributed by atoms with Gasteiger partial charge in [-0.15, -0.1) is 0 Å². The van der Waals surface area contributed by atoms with Crippen LogP contribution < -0.4 is 4.74 Å². The van der Waals surface area contributed by atoms with Gasteiger partial charge in [-0.3, -0.25) is 9.69 Å². The first-order chi connectivity index (χ1) is 15.7. The lowest BCUT2D eigenvalue weighted by atomic mass is 9.97. The number of benzene rings is 2. The van der Waals surface area contributed by atoms with Gasteiger partial charge in [0.2, 0.25) is 0 Å². The minimum Gasteiger partial charge on any atom is -0.490 e. The Hall–Kier alpha value is -3.66. The number of nitriles is 1. The van der Waals surface area contributed by atoms with Gasteiger partial charge >= 0.3 is 0 Å². The van der Waals surface area contributed by atoms with E-state index in [9.17, 15) is 10.1 Å². The number of hydrogen-bond donors (Lipinski definition) is 0. The van der Waals surface area contributed by atoms with Crippen molar-refractivity contribution in [2.45, 2.75) is 0 Å². The molecule has 0 saturated carbocycles. The van der Waals surface area contributed by atoms with Crippen LogP contribution in [0.2, 0.25) is 0 Å². The summed E-state index contributed by atoms with van der Waals surface area (Å²) >= 11 is 0. The Morgan fingerprint density at radius 1 is 1.06 bits per heavy atom. The van der Waals surface area contributed by atoms with Crippen LogP contribution in [-0.4, -0.2) is 54.5 Å². The van der Waals surface area contributed by atoms with Crippen LogP contribution in [0.5, 0.6) is 5.75 Å². The normalized spacial score (nSPS) is 14.5. The highest BCUT2D eigenvalue weighted by Gasteiger charge is 2.19. The monoisotopic (exact) mass is 425 g/mol. The van der Waals surface area contributed by atoms with Gasteiger partial charge in [-0.25, -0.2) is 0 Å². The van der Waals surface area contributed by atoms with Crippen molar-refractivity contribution in [1.29, 1.82) is 5.26 Å². The third kappa shape index (κ3) is 3.84. The minimum atomic E-state index is -0.108. The molecule has 6 heteroatoms. The Morgan fingerprint density at radius 2 is 1.88 bits per heavy atom. The van der Waals surface area contributed by atoms with Gasteiger partial charge in [-0.2, -0.15) is 5.26 Å². The van der Waals surface area contributed by atoms with Crippen molar-refractivity contribution in [3.8, 4) is 11.8 Å². The number of ketones is 1. The Labute approximate surface area is 186 Å². The fourth-order valence-electron chi connectivity index (χ4n) is 4.24. The van der Waals surface area contributed by atoms with Gasteiger partial charge in [0.1, 0.15) is 12.4 Å². The van der Waals surface area contributed by atoms with Crippen LogP contribution in [0.15, 0.2) is 66.9 Å². The Kier molecular flexibility index (Phi) is 5.59. The molecule has 1 saturated heterocycles. The van der Waals surface area contributed by atoms with Crippen LogP contribution in [0, 0.1) is 11.3 Å². The van der Waals surface area contributed by atoms with E-state index in [2.05, 4.69) is 11.0 Å². The molecule has 1 aliphatic heterocycles. The van der Waals surface area contributed by atoms with E-state index in [1.165, 1.54) is 0 Å². The molecule has 0 aliphatic carbocycles. The third-order valence-corrected chi connectivity index (χ3v) is 5.85. The molecular weight excluding hydrogens is 402 g/mol. The van der Waals surface area contributed by atoms with Crippen molar-refractivity contribution in [2.75, 3.05) is 39.5 Å². The molecule has 2 aromatic heterocycles. The van der Waals surface area contributed by atoms with E-state index < -0.39 is 0 Å². The van der Waals surface area contributed by atoms with Crippen molar-refractivity contribution < 1.29 is 14.3 Å². The van der Waals surface area contributed by atoms with Gasteiger partial charge in [0.15, 0.2) is 5.78 Å². The summed E-state index contributed by atoms with van der Waals surface area (Å²) in [4.78, 5) is 15.7. The van der Waals surface area contributed by atoms with Crippen molar-refractivity contribution in [3.05, 3.63) is 83.6 Å². The van der Waals surface area contributed by atoms with Crippen molar-refractivity contribution >= 4 is 22.2 Å². The summed E-state index contributed by atoms with van der Waals surface area (Å²) in [7, 11) is 0. The number of nitrogens with zero attached hydrogens (tertiary/aromatic N) is 3. The van der Waals surface area contributed by atoms with Crippen molar-refractivity contribution in [3.63, 3.8) is 0 Å². The van der Waals surface area contributed by atoms with Gasteiger partial charge < -0.3 is 13.9 Å². The summed E-state index contributed by atoms with van der Waals surface area (Å²) in [5.74, 6) is 0.632. The molecule has 6 nitrogen and oxygen atoms in total. The number of hydrogen-bond acceptors (Lipinski definition) is 5. The van der Waals surface area contributed by atoms with E-state index in [1.807, 2.05) is 53.1 Å². The SMILES string of the molecule is N#Cc1cc(C(=O)c2ccccc2)c2c(c1)cc(OCCN1CCOCC1)c1cccn12. The minimum absolute atomic E-state index is 0.108. The summed E-state index contributed by atoms with van der Waals surface area (Å²) in [5, 5.41) is 10.4. The molecular formula is C26H23N3O3. The van der Waals surface area contributed by atoms with Crippen LogP contribution >= 0.6 is 0 Å². The maximum atomic E-state index is 13.4. The van der Waals surface area contributed by atoms with Gasteiger partial charge in [0, 0.05) is 42.3 Å². The van der Waals surface area contributed by atoms with Crippen LogP contribution in [0.25, 0.3) is 16.4 Å². The van der Waals surface area contributed by atoms with Crippen LogP contribution in [0.4, 0.5) is 0 Å². The number of pyridine rings is 1. The summed E-state index contributed by atoms with van der Waals surface area (Å²) in [6, 6.07) is 20.7. The highest BCUT2D eigenvalue weighted by molar-refractivity contribution is 6.16. The summed E-state index contributed by atoms with van der Waals surface area (Å²) < 4.78 is 13.6. The smallest absolute Gasteiger partial charge is 0.195 e. The molecule has 3 heterocycles. The molecule has 1 fully saturated rings. The average Bonchev–Trinajstić information content (AvgIpc) is 3.34. The Bertz CT molecular complexity index is 1320. The largest absolute Gasteiger partial charge is 0.490 e. The number of aromatic nitrogens is 1. The first kappa shape index (κ1) is 20.3. The molecule has 1 aliphatic rings. The quantitative estimate of drug-likeness (QED) is 0.438. The fraction of sp³-hybridized carbons (Fsp3) is 0.231. The summed E-state index contributed by atoms with van der Waals surface area (Å²) in [5.41, 5.74) is 3.22. The first-order valence-corrected chi connectivity index (χ1v) is 10.8. The second-order valence-corrected chi connectivity index (χ2v) is 7.84. The second kappa shape index (κ2) is 8.83. The zero-order valence-electron chi connectivity index (χ0n) is 17.7. The zero-order chi connectivity index (χ0) is 21.9. The fourth-order valence-corrected chi connectivity index (χ4v) is 4.24. The van der Waals surface area contributed by atoms with Crippen molar-refractivity contribution in [2.24, 2.45) is 0 Å². The molecule has 2 aromatic carbocycles. The molecule has 0 atom stereocenters. The lowest BCUT2D eigenvalue weighted by Crippen LogP contribution is -2.38. The molecule has 4 aromatic rings. The molecule has 0 radical (unpaired) electrons. The van der Waals surface area contributed by atoms with Crippen LogP contribution in [-0.2, 0) is 4.74 Å². The topological polar surface area (TPSA) is 67.0 Å². The van der Waals surface area contributed by atoms with Gasteiger partial charge in [-0.05, 0) is 30.3 Å². The number of fused-ring (bicyclic) bond motifs is 3. The number of carbonyl (C=O) groups excluding carboxylic acids is 1. The Balaban J connectivity index is 1.56. The highest BCUT2D eigenvalue weighted by Crippen LogP contribution is 2.31. The maximum Gasteiger partial charge on any atom is 0.195 e. The van der Waals surface area contributed by atoms with Crippen molar-refractivity contribution in [1.82, 2.24) is 9.30 Å². The lowest BCUT2D eigenvalue weighted by molar-refractivity contribution is 0.0323. The van der Waals surface area contributed by atoms with E-state index >= 15 is 0 Å². The number of carbonyl (C=O) groups is 1. The predicted molar refractivity (Wildman–Crippen MR) is 122 cm³/mol. The van der Waals surface area contributed by atoms with Gasteiger partial charge in [-0.1, -0.05) is 30.3 Å². The van der Waals surface area contributed by atoms with Crippen LogP contribution in [0.1, 0.15) is 21.5 Å². The summed E-state index contributed by atoms with van der Waals surface area (Å²) in [6.07, 6.45) is 1.93. The lowest BCUT2D eigenvalue weighted by Gasteiger charge is -2.26. The molecule has 5 rings (SSSR count). The number of ether oxygens (including phenoxy) is 2. The molecule has 32 heavy (non-hydrogen) atoms. The maximum absolute atomic E-state index is 13.4. The highest BCUT2D eigenvalue weighted by atomic mass is 16.5. The number of morpholine rings is 1. The average molecular weight is 425 g/mol. The third-order valence-electron chi connectivity index (χ3n) is 5.85. The second-order valence-electron chi connectivity index (χ2n) is 7.84. The molecule has 0 spiro atoms. The van der Waals surface area contributed by atoms with Gasteiger partial charge in [0.25, 0.3) is 0 Å². The first-order valence-electron chi connectivity index (χ1n) is 10.8. The molecule has 0 amide bonds. The van der Waals surface area contributed by atoms with Crippen LogP contribution in [0.3, 0.4) is 0 Å². The van der Waals surface area contributed by atoms with E-state index in [1.54, 1.807) is 18.2 Å². The van der Waals surface area contributed by atoms with E-state index in [0.717, 1.165) is 55.0 Å². The van der Waals surface area contributed by atoms with Gasteiger partial charge in [0.05, 0.1) is 35.9 Å². The standard InChI is InChI=1S/C26H23N3O3/c27-18-19-15-21-17-24(32-14-11-28-9-12-31-13-10-28)23-7-4-8-29(23)25(21)22(16-19)26(30)20-5-2-1-3-6-20/h1-8,15-17H,9-14H2. The molecule has 0 bridgehead atoms. The Morgan fingerprint density at radius 3 is 2.66 bits per heavy atom.